The Labute approximate surface area is 218 Å². The molecule has 4 saturated carbocycles. The number of fused-ring (bicyclic) bond motifs is 5. The van der Waals surface area contributed by atoms with Crippen LogP contribution in [0, 0.1) is 29.6 Å². The van der Waals surface area contributed by atoms with E-state index in [4.69, 9.17) is 4.74 Å². The maximum absolute atomic E-state index is 15.3. The second-order valence-corrected chi connectivity index (χ2v) is 13.0. The molecule has 6 nitrogen and oxygen atoms in total. The van der Waals surface area contributed by atoms with Gasteiger partial charge in [-0.15, -0.1) is 0 Å². The highest BCUT2D eigenvalue weighted by atomic mass is 19.2. The van der Waals surface area contributed by atoms with E-state index in [2.05, 4.69) is 15.1 Å². The number of alkyl halides is 2. The van der Waals surface area contributed by atoms with Crippen LogP contribution in [0.3, 0.4) is 0 Å². The van der Waals surface area contributed by atoms with Crippen LogP contribution >= 0.6 is 0 Å². The molecule has 11 unspecified atom stereocenters. The van der Waals surface area contributed by atoms with E-state index in [-0.39, 0.29) is 35.8 Å². The molecule has 0 bridgehead atoms. The molecule has 0 aromatic rings. The summed E-state index contributed by atoms with van der Waals surface area (Å²) in [5, 5.41) is 2.95. The Morgan fingerprint density at radius 1 is 1.00 bits per heavy atom. The fraction of sp³-hybridized carbons (Fsp3) is 0.862. The van der Waals surface area contributed by atoms with Crippen molar-refractivity contribution in [3.63, 3.8) is 0 Å². The maximum Gasteiger partial charge on any atom is 0.256 e. The number of Topliss-reactive ketones (excluding diaryl/α,β-unsaturated/α-hetero) is 1. The van der Waals surface area contributed by atoms with Crippen LogP contribution in [0.25, 0.3) is 0 Å². The summed E-state index contributed by atoms with van der Waals surface area (Å²) in [6.07, 6.45) is 7.67. The van der Waals surface area contributed by atoms with Crippen LogP contribution in [-0.4, -0.2) is 84.3 Å². The van der Waals surface area contributed by atoms with Gasteiger partial charge in [0.1, 0.15) is 12.3 Å². The SMILES string of the molecule is O=C(NCCN1CCCC1)C1=CN2C3CC4CC5CCCCC5C4CC3OC3C(F)C(F)CC(C1=O)C32. The van der Waals surface area contributed by atoms with Gasteiger partial charge in [-0.05, 0) is 81.7 Å². The lowest BCUT2D eigenvalue weighted by Crippen LogP contribution is -2.70. The van der Waals surface area contributed by atoms with Crippen molar-refractivity contribution >= 4 is 11.7 Å². The van der Waals surface area contributed by atoms with Gasteiger partial charge in [-0.2, -0.15) is 0 Å². The minimum absolute atomic E-state index is 0.0222. The Balaban J connectivity index is 1.15. The number of carbonyl (C=O) groups is 2. The highest BCUT2D eigenvalue weighted by Gasteiger charge is 2.61. The summed E-state index contributed by atoms with van der Waals surface area (Å²) in [6, 6.07) is -0.494. The molecule has 7 aliphatic rings. The fourth-order valence-electron chi connectivity index (χ4n) is 9.54. The molecule has 4 aliphatic carbocycles. The molecule has 6 fully saturated rings. The predicted molar refractivity (Wildman–Crippen MR) is 134 cm³/mol. The lowest BCUT2D eigenvalue weighted by Gasteiger charge is -2.59. The van der Waals surface area contributed by atoms with Gasteiger partial charge >= 0.3 is 0 Å². The molecule has 8 heteroatoms. The normalized spacial score (nSPS) is 47.0. The first-order valence-electron chi connectivity index (χ1n) is 15.0. The van der Waals surface area contributed by atoms with Gasteiger partial charge in [0.15, 0.2) is 12.0 Å². The zero-order chi connectivity index (χ0) is 25.3. The maximum atomic E-state index is 15.3. The van der Waals surface area contributed by atoms with Crippen molar-refractivity contribution in [1.29, 1.82) is 0 Å². The van der Waals surface area contributed by atoms with Gasteiger partial charge < -0.3 is 19.9 Å². The van der Waals surface area contributed by atoms with Crippen molar-refractivity contribution in [2.45, 2.75) is 101 Å². The van der Waals surface area contributed by atoms with Gasteiger partial charge in [-0.3, -0.25) is 9.59 Å². The zero-order valence-electron chi connectivity index (χ0n) is 21.7. The number of rotatable bonds is 4. The minimum atomic E-state index is -1.74. The van der Waals surface area contributed by atoms with Crippen molar-refractivity contribution in [3.05, 3.63) is 11.8 Å². The van der Waals surface area contributed by atoms with Gasteiger partial charge in [0.2, 0.25) is 0 Å². The van der Waals surface area contributed by atoms with E-state index in [0.29, 0.717) is 18.4 Å². The molecule has 204 valence electrons. The number of hydrogen-bond acceptors (Lipinski definition) is 5. The average Bonchev–Trinajstić information content (AvgIpc) is 3.54. The number of amides is 1. The number of nitrogens with zero attached hydrogens (tertiary/aromatic N) is 2. The topological polar surface area (TPSA) is 61.9 Å². The second-order valence-electron chi connectivity index (χ2n) is 13.0. The van der Waals surface area contributed by atoms with Crippen LogP contribution in [0.1, 0.15) is 64.2 Å². The minimum Gasteiger partial charge on any atom is -0.368 e. The number of morpholine rings is 1. The molecule has 1 N–H and O–H groups in total. The fourth-order valence-corrected chi connectivity index (χ4v) is 9.54. The second kappa shape index (κ2) is 9.58. The monoisotopic (exact) mass is 517 g/mol. The standard InChI is InChI=1S/C29H41F2N3O3/c30-22-13-20-26-28(25(22)31)37-24-14-19-17(11-16-5-1-2-6-18(16)19)12-23(24)34(26)15-21(27(20)35)29(36)32-7-10-33-8-3-4-9-33/h15-20,22-26,28H,1-14H2,(H,32,36). The predicted octanol–water partition coefficient (Wildman–Crippen LogP) is 3.40. The Morgan fingerprint density at radius 3 is 2.65 bits per heavy atom. The van der Waals surface area contributed by atoms with Crippen molar-refractivity contribution in [2.24, 2.45) is 29.6 Å². The summed E-state index contributed by atoms with van der Waals surface area (Å²) in [5.41, 5.74) is 0.119. The van der Waals surface area contributed by atoms with Gasteiger partial charge in [0.05, 0.1) is 23.8 Å². The van der Waals surface area contributed by atoms with E-state index < -0.39 is 30.4 Å². The Kier molecular flexibility index (Phi) is 6.34. The smallest absolute Gasteiger partial charge is 0.256 e. The molecule has 7 rings (SSSR count). The van der Waals surface area contributed by atoms with Crippen LogP contribution in [-0.2, 0) is 14.3 Å². The highest BCUT2D eigenvalue weighted by molar-refractivity contribution is 6.20. The van der Waals surface area contributed by atoms with Gasteiger partial charge in [-0.25, -0.2) is 8.78 Å². The number of ether oxygens (including phenoxy) is 1. The Morgan fingerprint density at radius 2 is 1.81 bits per heavy atom. The largest absolute Gasteiger partial charge is 0.368 e. The molecule has 11 atom stereocenters. The molecule has 37 heavy (non-hydrogen) atoms. The lowest BCUT2D eigenvalue weighted by molar-refractivity contribution is -0.218. The lowest BCUT2D eigenvalue weighted by atomic mass is 9.67. The Bertz CT molecular complexity index is 955. The molecule has 1 amide bonds. The number of ketones is 1. The number of halogens is 2. The summed E-state index contributed by atoms with van der Waals surface area (Å²) in [7, 11) is 0. The van der Waals surface area contributed by atoms with Crippen molar-refractivity contribution < 1.29 is 23.1 Å². The van der Waals surface area contributed by atoms with E-state index in [0.717, 1.165) is 44.3 Å². The van der Waals surface area contributed by atoms with E-state index >= 15 is 4.39 Å². The molecule has 3 aliphatic heterocycles. The van der Waals surface area contributed by atoms with E-state index in [1.165, 1.54) is 44.9 Å². The molecule has 3 heterocycles. The molecule has 2 saturated heterocycles. The number of nitrogens with one attached hydrogen (secondary N) is 1. The van der Waals surface area contributed by atoms with Gasteiger partial charge in [0, 0.05) is 25.2 Å². The van der Waals surface area contributed by atoms with Crippen LogP contribution in [0.2, 0.25) is 0 Å². The van der Waals surface area contributed by atoms with Crippen LogP contribution in [0.15, 0.2) is 11.8 Å². The van der Waals surface area contributed by atoms with E-state index in [9.17, 15) is 14.0 Å². The molecule has 0 spiro atoms. The third-order valence-electron chi connectivity index (χ3n) is 11.2. The summed E-state index contributed by atoms with van der Waals surface area (Å²) < 4.78 is 36.6. The number of likely N-dealkylation sites (tertiary alicyclic amines) is 1. The first-order chi connectivity index (χ1) is 18.0. The summed E-state index contributed by atoms with van der Waals surface area (Å²) in [6.45, 7) is 3.35. The highest BCUT2D eigenvalue weighted by Crippen LogP contribution is 2.57. The van der Waals surface area contributed by atoms with E-state index in [1.807, 2.05) is 0 Å². The summed E-state index contributed by atoms with van der Waals surface area (Å²) in [5.74, 6) is 1.30. The van der Waals surface area contributed by atoms with Crippen LogP contribution in [0.5, 0.6) is 0 Å². The average molecular weight is 518 g/mol. The molecule has 0 aromatic heterocycles. The Hall–Kier alpha value is -1.54. The summed E-state index contributed by atoms with van der Waals surface area (Å²) >= 11 is 0. The van der Waals surface area contributed by atoms with Crippen molar-refractivity contribution in [2.75, 3.05) is 26.2 Å². The first kappa shape index (κ1) is 24.5. The van der Waals surface area contributed by atoms with Crippen molar-refractivity contribution in [3.8, 4) is 0 Å². The van der Waals surface area contributed by atoms with Crippen LogP contribution < -0.4 is 5.32 Å². The van der Waals surface area contributed by atoms with Gasteiger partial charge in [-0.1, -0.05) is 19.3 Å². The third kappa shape index (κ3) is 4.07. The molecular formula is C29H41F2N3O3. The van der Waals surface area contributed by atoms with E-state index in [1.54, 1.807) is 6.20 Å². The first-order valence-corrected chi connectivity index (χ1v) is 15.0. The van der Waals surface area contributed by atoms with Gasteiger partial charge in [0.25, 0.3) is 5.91 Å². The summed E-state index contributed by atoms with van der Waals surface area (Å²) in [4.78, 5) is 31.2. The quantitative estimate of drug-likeness (QED) is 0.580. The molecular weight excluding hydrogens is 476 g/mol. The number of carbonyl (C=O) groups excluding carboxylic acids is 2. The number of hydrogen-bond donors (Lipinski definition) is 1. The third-order valence-corrected chi connectivity index (χ3v) is 11.2. The molecule has 0 radical (unpaired) electrons. The van der Waals surface area contributed by atoms with Crippen LogP contribution in [0.4, 0.5) is 8.78 Å². The zero-order valence-corrected chi connectivity index (χ0v) is 21.7. The molecule has 0 aromatic carbocycles. The van der Waals surface area contributed by atoms with Crippen molar-refractivity contribution in [1.82, 2.24) is 15.1 Å².